The third-order valence-electron chi connectivity index (χ3n) is 5.04. The molecule has 0 saturated carbocycles. The Kier molecular flexibility index (Phi) is 5.39. The summed E-state index contributed by atoms with van der Waals surface area (Å²) in [6.45, 7) is 3.74. The molecule has 4 rings (SSSR count). The van der Waals surface area contributed by atoms with Crippen LogP contribution in [0.5, 0.6) is 0 Å². The van der Waals surface area contributed by atoms with Gasteiger partial charge in [-0.15, -0.1) is 0 Å². The predicted octanol–water partition coefficient (Wildman–Crippen LogP) is 5.38. The van der Waals surface area contributed by atoms with Crippen molar-refractivity contribution in [3.63, 3.8) is 0 Å². The number of nitrogens with one attached hydrogen (secondary N) is 2. The summed E-state index contributed by atoms with van der Waals surface area (Å²) in [6, 6.07) is 8.20. The summed E-state index contributed by atoms with van der Waals surface area (Å²) in [5, 5.41) is 5.81. The van der Waals surface area contributed by atoms with Crippen molar-refractivity contribution in [2.24, 2.45) is 0 Å². The van der Waals surface area contributed by atoms with Crippen molar-refractivity contribution in [1.82, 2.24) is 9.97 Å². The molecule has 0 fully saturated rings. The number of carbonyl (C=O) groups is 1. The second-order valence-corrected chi connectivity index (χ2v) is 7.69. The van der Waals surface area contributed by atoms with Gasteiger partial charge in [-0.25, -0.2) is 18.7 Å². The topological polar surface area (TPSA) is 66.9 Å². The molecule has 2 aromatic carbocycles. The van der Waals surface area contributed by atoms with Crippen molar-refractivity contribution >= 4 is 29.1 Å². The Morgan fingerprint density at radius 2 is 1.77 bits per heavy atom. The summed E-state index contributed by atoms with van der Waals surface area (Å²) >= 11 is 5.78. The van der Waals surface area contributed by atoms with Crippen LogP contribution < -0.4 is 10.6 Å². The normalized spacial score (nSPS) is 15.0. The zero-order chi connectivity index (χ0) is 21.4. The van der Waals surface area contributed by atoms with Crippen molar-refractivity contribution in [2.45, 2.75) is 32.7 Å². The lowest BCUT2D eigenvalue weighted by Crippen LogP contribution is -2.16. The zero-order valence-electron chi connectivity index (χ0n) is 16.4. The Morgan fingerprint density at radius 3 is 2.47 bits per heavy atom. The van der Waals surface area contributed by atoms with Gasteiger partial charge in [0.2, 0.25) is 5.95 Å². The van der Waals surface area contributed by atoms with E-state index >= 15 is 0 Å². The number of aryl methyl sites for hydroxylation is 2. The Hall–Kier alpha value is -3.06. The molecule has 1 atom stereocenters. The maximum Gasteiger partial charge on any atom is 0.255 e. The summed E-state index contributed by atoms with van der Waals surface area (Å²) in [7, 11) is 0. The minimum atomic E-state index is -0.570. The van der Waals surface area contributed by atoms with E-state index in [0.717, 1.165) is 11.4 Å². The van der Waals surface area contributed by atoms with Crippen LogP contribution in [0.3, 0.4) is 0 Å². The molecular formula is C22H19ClF2N4O. The maximum absolute atomic E-state index is 14.7. The molecule has 0 radical (unpaired) electrons. The largest absolute Gasteiger partial charge is 0.347 e. The lowest BCUT2D eigenvalue weighted by molar-refractivity contribution is 0.102. The predicted molar refractivity (Wildman–Crippen MR) is 112 cm³/mol. The van der Waals surface area contributed by atoms with Gasteiger partial charge in [0.1, 0.15) is 11.6 Å². The van der Waals surface area contributed by atoms with E-state index in [4.69, 9.17) is 11.6 Å². The lowest BCUT2D eigenvalue weighted by atomic mass is 10.0. The minimum Gasteiger partial charge on any atom is -0.347 e. The Morgan fingerprint density at radius 1 is 1.07 bits per heavy atom. The highest BCUT2D eigenvalue weighted by Crippen LogP contribution is 2.37. The molecule has 0 bridgehead atoms. The number of carbonyl (C=O) groups excluding carboxylic acids is 1. The molecule has 1 aromatic heterocycles. The Bertz CT molecular complexity index is 1130. The summed E-state index contributed by atoms with van der Waals surface area (Å²) in [5.74, 6) is -0.927. The maximum atomic E-state index is 14.7. The second kappa shape index (κ2) is 7.99. The number of hydrogen-bond donors (Lipinski definition) is 2. The fourth-order valence-corrected chi connectivity index (χ4v) is 3.97. The quantitative estimate of drug-likeness (QED) is 0.585. The average Bonchev–Trinajstić information content (AvgIpc) is 3.08. The lowest BCUT2D eigenvalue weighted by Gasteiger charge is -2.16. The highest BCUT2D eigenvalue weighted by atomic mass is 35.5. The van der Waals surface area contributed by atoms with Gasteiger partial charge < -0.3 is 10.6 Å². The van der Waals surface area contributed by atoms with E-state index in [-0.39, 0.29) is 16.9 Å². The molecule has 1 amide bonds. The van der Waals surface area contributed by atoms with E-state index in [0.29, 0.717) is 41.2 Å². The highest BCUT2D eigenvalue weighted by Gasteiger charge is 2.30. The third-order valence-corrected chi connectivity index (χ3v) is 5.33. The summed E-state index contributed by atoms with van der Waals surface area (Å²) in [4.78, 5) is 21.5. The first-order chi connectivity index (χ1) is 14.3. The first kappa shape index (κ1) is 20.2. The van der Waals surface area contributed by atoms with Crippen molar-refractivity contribution < 1.29 is 13.6 Å². The van der Waals surface area contributed by atoms with Gasteiger partial charge >= 0.3 is 0 Å². The molecule has 1 aliphatic carbocycles. The fourth-order valence-electron chi connectivity index (χ4n) is 3.79. The molecule has 0 aliphatic heterocycles. The third kappa shape index (κ3) is 3.98. The monoisotopic (exact) mass is 428 g/mol. The molecule has 5 nitrogen and oxygen atoms in total. The Labute approximate surface area is 177 Å². The van der Waals surface area contributed by atoms with E-state index in [1.807, 2.05) is 19.9 Å². The SMILES string of the molecule is Cc1cc(C)nc(N[C@H]2CCc3c(C(=O)Nc4ccc(F)c(Cl)c4)ccc(F)c32)n1. The van der Waals surface area contributed by atoms with Crippen LogP contribution in [0.15, 0.2) is 36.4 Å². The van der Waals surface area contributed by atoms with Gasteiger partial charge in [0, 0.05) is 28.2 Å². The molecule has 8 heteroatoms. The van der Waals surface area contributed by atoms with Crippen molar-refractivity contribution in [3.8, 4) is 0 Å². The first-order valence-corrected chi connectivity index (χ1v) is 9.86. The first-order valence-electron chi connectivity index (χ1n) is 9.48. The van der Waals surface area contributed by atoms with Crippen LogP contribution >= 0.6 is 11.6 Å². The standard InChI is InChI=1S/C22H19ClF2N4O/c1-11-9-12(2)27-22(26-11)29-19-8-5-14-15(4-7-18(25)20(14)19)21(30)28-13-3-6-17(24)16(23)10-13/h3-4,6-7,9-10,19H,5,8H2,1-2H3,(H,28,30)(H,26,27,29)/t19-/m0/s1. The van der Waals surface area contributed by atoms with E-state index in [9.17, 15) is 13.6 Å². The average molecular weight is 429 g/mol. The summed E-state index contributed by atoms with van der Waals surface area (Å²) in [5.41, 5.74) is 3.45. The van der Waals surface area contributed by atoms with Crippen LogP contribution in [0.1, 0.15) is 45.3 Å². The molecule has 154 valence electrons. The van der Waals surface area contributed by atoms with Crippen LogP contribution in [0.4, 0.5) is 20.4 Å². The van der Waals surface area contributed by atoms with E-state index < -0.39 is 11.7 Å². The zero-order valence-corrected chi connectivity index (χ0v) is 17.1. The molecule has 0 saturated heterocycles. The molecule has 1 aliphatic rings. The molecular weight excluding hydrogens is 410 g/mol. The van der Waals surface area contributed by atoms with Gasteiger partial charge in [-0.1, -0.05) is 11.6 Å². The second-order valence-electron chi connectivity index (χ2n) is 7.28. The summed E-state index contributed by atoms with van der Waals surface area (Å²) in [6.07, 6.45) is 1.14. The Balaban J connectivity index is 1.62. The van der Waals surface area contributed by atoms with Gasteiger partial charge in [0.05, 0.1) is 11.1 Å². The minimum absolute atomic E-state index is 0.0881. The smallest absolute Gasteiger partial charge is 0.255 e. The molecule has 0 spiro atoms. The number of aromatic nitrogens is 2. The van der Waals surface area contributed by atoms with Crippen LogP contribution in [0, 0.1) is 25.5 Å². The van der Waals surface area contributed by atoms with Crippen molar-refractivity contribution in [1.29, 1.82) is 0 Å². The number of hydrogen-bond acceptors (Lipinski definition) is 4. The van der Waals surface area contributed by atoms with E-state index in [1.54, 1.807) is 0 Å². The van der Waals surface area contributed by atoms with Crippen LogP contribution in [-0.4, -0.2) is 15.9 Å². The number of benzene rings is 2. The van der Waals surface area contributed by atoms with Gasteiger partial charge in [0.15, 0.2) is 0 Å². The van der Waals surface area contributed by atoms with E-state index in [1.165, 1.54) is 30.3 Å². The van der Waals surface area contributed by atoms with Gasteiger partial charge in [0.25, 0.3) is 5.91 Å². The molecule has 1 heterocycles. The van der Waals surface area contributed by atoms with Crippen molar-refractivity contribution in [2.75, 3.05) is 10.6 Å². The molecule has 0 unspecified atom stereocenters. The van der Waals surface area contributed by atoms with E-state index in [2.05, 4.69) is 20.6 Å². The van der Waals surface area contributed by atoms with Crippen LogP contribution in [-0.2, 0) is 6.42 Å². The van der Waals surface area contributed by atoms with Gasteiger partial charge in [-0.05, 0) is 68.7 Å². The highest BCUT2D eigenvalue weighted by molar-refractivity contribution is 6.31. The molecule has 3 aromatic rings. The number of rotatable bonds is 4. The van der Waals surface area contributed by atoms with Gasteiger partial charge in [-0.2, -0.15) is 0 Å². The van der Waals surface area contributed by atoms with Gasteiger partial charge in [-0.3, -0.25) is 4.79 Å². The number of fused-ring (bicyclic) bond motifs is 1. The van der Waals surface area contributed by atoms with Crippen LogP contribution in [0.25, 0.3) is 0 Å². The molecule has 30 heavy (non-hydrogen) atoms. The molecule has 2 N–H and O–H groups in total. The number of anilines is 2. The van der Waals surface area contributed by atoms with Crippen molar-refractivity contribution in [3.05, 3.63) is 81.1 Å². The number of amides is 1. The number of halogens is 3. The number of nitrogens with zero attached hydrogens (tertiary/aromatic N) is 2. The fraction of sp³-hybridized carbons (Fsp3) is 0.227. The summed E-state index contributed by atoms with van der Waals surface area (Å²) < 4.78 is 28.0. The van der Waals surface area contributed by atoms with Crippen LogP contribution in [0.2, 0.25) is 5.02 Å².